The Morgan fingerprint density at radius 3 is 1.79 bits per heavy atom. The van der Waals surface area contributed by atoms with Crippen LogP contribution in [0.1, 0.15) is 33.4 Å². The lowest BCUT2D eigenvalue weighted by atomic mass is 10.0. The highest BCUT2D eigenvalue weighted by Crippen LogP contribution is 2.28. The van der Waals surface area contributed by atoms with E-state index in [1.54, 1.807) is 6.33 Å². The summed E-state index contributed by atoms with van der Waals surface area (Å²) in [7, 11) is 0. The Labute approximate surface area is 143 Å². The third-order valence-electron chi connectivity index (χ3n) is 4.34. The molecule has 0 saturated heterocycles. The first-order valence-corrected chi connectivity index (χ1v) is 8.20. The normalized spacial score (nSPS) is 10.9. The summed E-state index contributed by atoms with van der Waals surface area (Å²) in [6, 6.07) is 8.74. The van der Waals surface area contributed by atoms with Crippen LogP contribution in [0.15, 0.2) is 30.6 Å². The van der Waals surface area contributed by atoms with E-state index in [0.717, 1.165) is 17.3 Å². The van der Waals surface area contributed by atoms with Crippen LogP contribution in [0.2, 0.25) is 0 Å². The van der Waals surface area contributed by atoms with E-state index in [-0.39, 0.29) is 0 Å². The van der Waals surface area contributed by atoms with E-state index < -0.39 is 0 Å². The number of aryl methyl sites for hydroxylation is 6. The maximum absolute atomic E-state index is 4.30. The molecule has 0 bridgehead atoms. The van der Waals surface area contributed by atoms with Gasteiger partial charge in [0.25, 0.3) is 0 Å². The molecular formula is C20H24N4. The lowest BCUT2D eigenvalue weighted by Gasteiger charge is -2.17. The topological polar surface area (TPSA) is 42.7 Å². The van der Waals surface area contributed by atoms with E-state index in [9.17, 15) is 0 Å². The number of anilines is 2. The maximum atomic E-state index is 4.30. The second-order valence-corrected chi connectivity index (χ2v) is 6.67. The first kappa shape index (κ1) is 16.2. The van der Waals surface area contributed by atoms with Crippen LogP contribution in [0, 0.1) is 41.5 Å². The summed E-state index contributed by atoms with van der Waals surface area (Å²) in [5, 5.41) is 11.9. The zero-order valence-corrected chi connectivity index (χ0v) is 15.2. The van der Waals surface area contributed by atoms with Crippen molar-refractivity contribution in [3.8, 4) is 5.69 Å². The maximum Gasteiger partial charge on any atom is 0.233 e. The molecule has 0 aliphatic rings. The number of rotatable bonds is 3. The predicted octanol–water partition coefficient (Wildman–Crippen LogP) is 4.86. The fourth-order valence-electron chi connectivity index (χ4n) is 3.53. The van der Waals surface area contributed by atoms with Gasteiger partial charge in [0.05, 0.1) is 5.69 Å². The molecule has 1 heterocycles. The van der Waals surface area contributed by atoms with Crippen LogP contribution in [0.5, 0.6) is 0 Å². The van der Waals surface area contributed by atoms with Crippen LogP contribution < -0.4 is 5.32 Å². The minimum absolute atomic E-state index is 0.736. The van der Waals surface area contributed by atoms with Gasteiger partial charge in [-0.05, 0) is 63.8 Å². The summed E-state index contributed by atoms with van der Waals surface area (Å²) in [6.45, 7) is 12.7. The molecule has 0 saturated carbocycles. The first-order chi connectivity index (χ1) is 11.4. The van der Waals surface area contributed by atoms with Crippen molar-refractivity contribution >= 4 is 11.6 Å². The second kappa shape index (κ2) is 6.11. The molecule has 4 nitrogen and oxygen atoms in total. The number of hydrogen-bond acceptors (Lipinski definition) is 3. The van der Waals surface area contributed by atoms with Crippen molar-refractivity contribution in [2.24, 2.45) is 0 Å². The average Bonchev–Trinajstić information content (AvgIpc) is 2.89. The van der Waals surface area contributed by atoms with Gasteiger partial charge < -0.3 is 5.32 Å². The number of hydrogen-bond donors (Lipinski definition) is 1. The standard InChI is InChI=1S/C20H24N4/c1-12-7-14(3)18(15(4)8-12)22-20-23-21-11-24(20)19-16(5)9-13(2)10-17(19)6/h7-11H,1-6H3,(H,22,23). The van der Waals surface area contributed by atoms with Gasteiger partial charge in [-0.25, -0.2) is 0 Å². The highest BCUT2D eigenvalue weighted by Gasteiger charge is 2.14. The van der Waals surface area contributed by atoms with E-state index in [4.69, 9.17) is 0 Å². The van der Waals surface area contributed by atoms with Crippen molar-refractivity contribution in [1.29, 1.82) is 0 Å². The van der Waals surface area contributed by atoms with Gasteiger partial charge >= 0.3 is 0 Å². The first-order valence-electron chi connectivity index (χ1n) is 8.20. The fraction of sp³-hybridized carbons (Fsp3) is 0.300. The lowest BCUT2D eigenvalue weighted by Crippen LogP contribution is -2.06. The SMILES string of the molecule is Cc1cc(C)c(Nc2nncn2-c2c(C)cc(C)cc2C)c(C)c1. The summed E-state index contributed by atoms with van der Waals surface area (Å²) in [5.41, 5.74) is 9.61. The van der Waals surface area contributed by atoms with Crippen LogP contribution in [0.3, 0.4) is 0 Å². The minimum Gasteiger partial charge on any atom is -0.323 e. The molecule has 2 aromatic carbocycles. The van der Waals surface area contributed by atoms with Crippen LogP contribution >= 0.6 is 0 Å². The average molecular weight is 320 g/mol. The van der Waals surface area contributed by atoms with Gasteiger partial charge in [-0.15, -0.1) is 10.2 Å². The van der Waals surface area contributed by atoms with Crippen LogP contribution in [0.25, 0.3) is 5.69 Å². The van der Waals surface area contributed by atoms with Gasteiger partial charge in [-0.1, -0.05) is 35.4 Å². The highest BCUT2D eigenvalue weighted by atomic mass is 15.3. The summed E-state index contributed by atoms with van der Waals surface area (Å²) < 4.78 is 2.03. The third-order valence-corrected chi connectivity index (χ3v) is 4.34. The molecule has 3 aromatic rings. The molecule has 3 rings (SSSR count). The Bertz CT molecular complexity index is 860. The third kappa shape index (κ3) is 2.92. The zero-order chi connectivity index (χ0) is 17.4. The fourth-order valence-corrected chi connectivity index (χ4v) is 3.53. The molecule has 0 spiro atoms. The van der Waals surface area contributed by atoms with Crippen molar-refractivity contribution in [2.75, 3.05) is 5.32 Å². The van der Waals surface area contributed by atoms with Crippen LogP contribution in [0.4, 0.5) is 11.6 Å². The minimum atomic E-state index is 0.736. The largest absolute Gasteiger partial charge is 0.323 e. The Balaban J connectivity index is 2.07. The van der Waals surface area contributed by atoms with Crippen molar-refractivity contribution in [3.05, 3.63) is 64.0 Å². The van der Waals surface area contributed by atoms with E-state index in [0.29, 0.717) is 0 Å². The van der Waals surface area contributed by atoms with Crippen LogP contribution in [-0.2, 0) is 0 Å². The molecule has 1 aromatic heterocycles. The van der Waals surface area contributed by atoms with Gasteiger partial charge in [0.15, 0.2) is 0 Å². The van der Waals surface area contributed by atoms with E-state index in [1.165, 1.54) is 33.4 Å². The molecule has 124 valence electrons. The molecule has 0 unspecified atom stereocenters. The van der Waals surface area contributed by atoms with Gasteiger partial charge in [0, 0.05) is 5.69 Å². The molecule has 0 atom stereocenters. The van der Waals surface area contributed by atoms with E-state index in [2.05, 4.69) is 81.3 Å². The van der Waals surface area contributed by atoms with Gasteiger partial charge in [-0.2, -0.15) is 0 Å². The summed E-state index contributed by atoms with van der Waals surface area (Å²) in [6.07, 6.45) is 1.77. The predicted molar refractivity (Wildman–Crippen MR) is 99.5 cm³/mol. The lowest BCUT2D eigenvalue weighted by molar-refractivity contribution is 1.02. The Hall–Kier alpha value is -2.62. The highest BCUT2D eigenvalue weighted by molar-refractivity contribution is 5.65. The van der Waals surface area contributed by atoms with Gasteiger partial charge in [0.1, 0.15) is 6.33 Å². The smallest absolute Gasteiger partial charge is 0.233 e. The van der Waals surface area contributed by atoms with E-state index >= 15 is 0 Å². The number of nitrogens with one attached hydrogen (secondary N) is 1. The Morgan fingerprint density at radius 2 is 1.25 bits per heavy atom. The molecule has 0 aliphatic carbocycles. The van der Waals surface area contributed by atoms with Crippen molar-refractivity contribution in [1.82, 2.24) is 14.8 Å². The molecule has 4 heteroatoms. The molecule has 0 amide bonds. The van der Waals surface area contributed by atoms with Crippen molar-refractivity contribution in [2.45, 2.75) is 41.5 Å². The van der Waals surface area contributed by atoms with Crippen molar-refractivity contribution in [3.63, 3.8) is 0 Å². The number of benzene rings is 2. The summed E-state index contributed by atoms with van der Waals surface area (Å²) >= 11 is 0. The molecule has 24 heavy (non-hydrogen) atoms. The second-order valence-electron chi connectivity index (χ2n) is 6.67. The number of aromatic nitrogens is 3. The molecule has 0 aliphatic heterocycles. The quantitative estimate of drug-likeness (QED) is 0.749. The van der Waals surface area contributed by atoms with E-state index in [1.807, 2.05) is 4.57 Å². The molecular weight excluding hydrogens is 296 g/mol. The zero-order valence-electron chi connectivity index (χ0n) is 15.2. The molecule has 0 radical (unpaired) electrons. The number of nitrogens with zero attached hydrogens (tertiary/aromatic N) is 3. The Kier molecular flexibility index (Phi) is 4.14. The van der Waals surface area contributed by atoms with Gasteiger partial charge in [0.2, 0.25) is 5.95 Å². The monoisotopic (exact) mass is 320 g/mol. The summed E-state index contributed by atoms with van der Waals surface area (Å²) in [4.78, 5) is 0. The van der Waals surface area contributed by atoms with Gasteiger partial charge in [-0.3, -0.25) is 4.57 Å². The summed E-state index contributed by atoms with van der Waals surface area (Å²) in [5.74, 6) is 0.736. The van der Waals surface area contributed by atoms with Crippen LogP contribution in [-0.4, -0.2) is 14.8 Å². The Morgan fingerprint density at radius 1 is 0.750 bits per heavy atom. The molecule has 0 fully saturated rings. The molecule has 1 N–H and O–H groups in total. The van der Waals surface area contributed by atoms with Crippen molar-refractivity contribution < 1.29 is 0 Å².